The van der Waals surface area contributed by atoms with Crippen LogP contribution in [-0.4, -0.2) is 24.7 Å². The summed E-state index contributed by atoms with van der Waals surface area (Å²) in [4.78, 5) is 14.2. The molecular formula is C16H23N3O. The van der Waals surface area contributed by atoms with Crippen molar-refractivity contribution >= 4 is 16.6 Å². The van der Waals surface area contributed by atoms with E-state index in [4.69, 9.17) is 5.73 Å². The van der Waals surface area contributed by atoms with Crippen molar-refractivity contribution in [2.75, 3.05) is 25.0 Å². The predicted octanol–water partition coefficient (Wildman–Crippen LogP) is 1.96. The van der Waals surface area contributed by atoms with Gasteiger partial charge in [-0.05, 0) is 18.0 Å². The van der Waals surface area contributed by atoms with E-state index in [9.17, 15) is 4.79 Å². The van der Waals surface area contributed by atoms with Crippen molar-refractivity contribution in [3.8, 4) is 0 Å². The van der Waals surface area contributed by atoms with Gasteiger partial charge >= 0.3 is 0 Å². The monoisotopic (exact) mass is 273 g/mol. The van der Waals surface area contributed by atoms with Crippen LogP contribution in [0.25, 0.3) is 10.9 Å². The van der Waals surface area contributed by atoms with Crippen LogP contribution in [0.15, 0.2) is 35.1 Å². The Labute approximate surface area is 119 Å². The highest BCUT2D eigenvalue weighted by Crippen LogP contribution is 2.26. The molecule has 1 aromatic heterocycles. The number of pyridine rings is 1. The minimum absolute atomic E-state index is 0.0103. The van der Waals surface area contributed by atoms with E-state index < -0.39 is 0 Å². The third-order valence-electron chi connectivity index (χ3n) is 3.76. The number of aromatic nitrogens is 1. The van der Waals surface area contributed by atoms with Gasteiger partial charge in [-0.15, -0.1) is 0 Å². The van der Waals surface area contributed by atoms with Crippen LogP contribution in [0.3, 0.4) is 0 Å². The smallest absolute Gasteiger partial charge is 0.252 e. The Morgan fingerprint density at radius 1 is 1.30 bits per heavy atom. The molecule has 0 amide bonds. The van der Waals surface area contributed by atoms with Crippen LogP contribution in [0.5, 0.6) is 0 Å². The van der Waals surface area contributed by atoms with Crippen molar-refractivity contribution in [2.45, 2.75) is 13.8 Å². The maximum atomic E-state index is 12.1. The lowest BCUT2D eigenvalue weighted by Gasteiger charge is -2.31. The molecule has 0 aliphatic heterocycles. The first kappa shape index (κ1) is 14.6. The molecule has 2 N–H and O–H groups in total. The summed E-state index contributed by atoms with van der Waals surface area (Å²) in [6.07, 6.45) is 0. The van der Waals surface area contributed by atoms with Gasteiger partial charge in [-0.25, -0.2) is 0 Å². The Kier molecular flexibility index (Phi) is 3.86. The lowest BCUT2D eigenvalue weighted by molar-refractivity contribution is 0.385. The van der Waals surface area contributed by atoms with Crippen molar-refractivity contribution in [1.29, 1.82) is 0 Å². The first-order valence-electron chi connectivity index (χ1n) is 6.86. The Balaban J connectivity index is 2.55. The van der Waals surface area contributed by atoms with Crippen molar-refractivity contribution in [1.82, 2.24) is 4.57 Å². The summed E-state index contributed by atoms with van der Waals surface area (Å²) in [5.41, 5.74) is 7.74. The van der Waals surface area contributed by atoms with Crippen LogP contribution in [-0.2, 0) is 7.05 Å². The zero-order chi connectivity index (χ0) is 14.9. The lowest BCUT2D eigenvalue weighted by Crippen LogP contribution is -2.37. The zero-order valence-corrected chi connectivity index (χ0v) is 12.7. The number of hydrogen-bond donors (Lipinski definition) is 1. The normalized spacial score (nSPS) is 11.8. The molecule has 4 heteroatoms. The van der Waals surface area contributed by atoms with Gasteiger partial charge in [-0.2, -0.15) is 0 Å². The molecule has 1 aromatic carbocycles. The summed E-state index contributed by atoms with van der Waals surface area (Å²) < 4.78 is 1.68. The highest BCUT2D eigenvalue weighted by molar-refractivity contribution is 5.91. The molecule has 1 heterocycles. The summed E-state index contributed by atoms with van der Waals surface area (Å²) in [6.45, 7) is 5.68. The van der Waals surface area contributed by atoms with E-state index in [0.717, 1.165) is 23.1 Å². The highest BCUT2D eigenvalue weighted by Gasteiger charge is 2.20. The Morgan fingerprint density at radius 2 is 1.95 bits per heavy atom. The second kappa shape index (κ2) is 5.29. The van der Waals surface area contributed by atoms with E-state index >= 15 is 0 Å². The maximum absolute atomic E-state index is 12.1. The minimum atomic E-state index is 0.0103. The van der Waals surface area contributed by atoms with E-state index in [-0.39, 0.29) is 11.0 Å². The lowest BCUT2D eigenvalue weighted by atomic mass is 9.93. The van der Waals surface area contributed by atoms with E-state index in [0.29, 0.717) is 6.54 Å². The fourth-order valence-corrected chi connectivity index (χ4v) is 2.50. The number of rotatable bonds is 4. The van der Waals surface area contributed by atoms with E-state index in [1.807, 2.05) is 25.2 Å². The minimum Gasteiger partial charge on any atom is -0.373 e. The second-order valence-electron chi connectivity index (χ2n) is 6.17. The van der Waals surface area contributed by atoms with Gasteiger partial charge in [0.25, 0.3) is 5.56 Å². The Morgan fingerprint density at radius 3 is 2.60 bits per heavy atom. The highest BCUT2D eigenvalue weighted by atomic mass is 16.1. The zero-order valence-electron chi connectivity index (χ0n) is 12.7. The molecule has 0 saturated carbocycles. The molecule has 2 aromatic rings. The summed E-state index contributed by atoms with van der Waals surface area (Å²) >= 11 is 0. The van der Waals surface area contributed by atoms with Gasteiger partial charge in [0, 0.05) is 32.1 Å². The fourth-order valence-electron chi connectivity index (χ4n) is 2.50. The van der Waals surface area contributed by atoms with Gasteiger partial charge in [-0.3, -0.25) is 4.79 Å². The van der Waals surface area contributed by atoms with Gasteiger partial charge < -0.3 is 15.2 Å². The van der Waals surface area contributed by atoms with Crippen molar-refractivity contribution < 1.29 is 0 Å². The summed E-state index contributed by atoms with van der Waals surface area (Å²) in [6, 6.07) is 9.68. The molecule has 0 spiro atoms. The number of nitrogens with zero attached hydrogens (tertiary/aromatic N) is 2. The van der Waals surface area contributed by atoms with Crippen LogP contribution in [0, 0.1) is 5.41 Å². The van der Waals surface area contributed by atoms with Gasteiger partial charge in [0.1, 0.15) is 0 Å². The molecule has 0 fully saturated rings. The Bertz CT molecular complexity index is 673. The largest absolute Gasteiger partial charge is 0.373 e. The van der Waals surface area contributed by atoms with Gasteiger partial charge in [-0.1, -0.05) is 32.0 Å². The van der Waals surface area contributed by atoms with Crippen LogP contribution < -0.4 is 16.2 Å². The number of aryl methyl sites for hydroxylation is 1. The van der Waals surface area contributed by atoms with Crippen LogP contribution in [0.1, 0.15) is 13.8 Å². The molecule has 2 rings (SSSR count). The second-order valence-corrected chi connectivity index (χ2v) is 6.17. The summed E-state index contributed by atoms with van der Waals surface area (Å²) in [5.74, 6) is 0. The van der Waals surface area contributed by atoms with Gasteiger partial charge in [0.05, 0.1) is 11.2 Å². The molecule has 0 atom stereocenters. The van der Waals surface area contributed by atoms with Crippen molar-refractivity contribution in [3.63, 3.8) is 0 Å². The molecule has 4 nitrogen and oxygen atoms in total. The molecule has 20 heavy (non-hydrogen) atoms. The molecule has 0 unspecified atom stereocenters. The number of nitrogens with two attached hydrogens (primary N) is 1. The average molecular weight is 273 g/mol. The first-order chi connectivity index (χ1) is 9.35. The first-order valence-corrected chi connectivity index (χ1v) is 6.86. The molecule has 0 bridgehead atoms. The van der Waals surface area contributed by atoms with Crippen molar-refractivity contribution in [3.05, 3.63) is 40.7 Å². The topological polar surface area (TPSA) is 51.3 Å². The number of benzene rings is 1. The molecule has 0 saturated heterocycles. The van der Waals surface area contributed by atoms with Crippen molar-refractivity contribution in [2.24, 2.45) is 18.2 Å². The molecule has 108 valence electrons. The quantitative estimate of drug-likeness (QED) is 0.926. The standard InChI is InChI=1S/C16H23N3O/c1-16(2,10-17)11-18(3)14-9-15(20)19(4)13-8-6-5-7-12(13)14/h5-9H,10-11,17H2,1-4H3. The number of para-hydroxylation sites is 1. The fraction of sp³-hybridized carbons (Fsp3) is 0.438. The summed E-state index contributed by atoms with van der Waals surface area (Å²) in [5, 5.41) is 1.09. The van der Waals surface area contributed by atoms with E-state index in [1.165, 1.54) is 0 Å². The van der Waals surface area contributed by atoms with E-state index in [1.54, 1.807) is 17.7 Å². The van der Waals surface area contributed by atoms with Crippen LogP contribution >= 0.6 is 0 Å². The van der Waals surface area contributed by atoms with Gasteiger partial charge in [0.2, 0.25) is 0 Å². The van der Waals surface area contributed by atoms with E-state index in [2.05, 4.69) is 24.8 Å². The number of fused-ring (bicyclic) bond motifs is 1. The Hall–Kier alpha value is -1.81. The molecular weight excluding hydrogens is 250 g/mol. The molecule has 0 aliphatic carbocycles. The number of anilines is 1. The van der Waals surface area contributed by atoms with Crippen LogP contribution in [0.4, 0.5) is 5.69 Å². The maximum Gasteiger partial charge on any atom is 0.252 e. The van der Waals surface area contributed by atoms with Crippen LogP contribution in [0.2, 0.25) is 0 Å². The SMILES string of the molecule is CN(CC(C)(C)CN)c1cc(=O)n(C)c2ccccc12. The third-order valence-corrected chi connectivity index (χ3v) is 3.76. The third kappa shape index (κ3) is 2.70. The average Bonchev–Trinajstić information content (AvgIpc) is 2.42. The van der Waals surface area contributed by atoms with Gasteiger partial charge in [0.15, 0.2) is 0 Å². The molecule has 0 aliphatic rings. The number of hydrogen-bond acceptors (Lipinski definition) is 3. The predicted molar refractivity (Wildman–Crippen MR) is 85.3 cm³/mol. The molecule has 0 radical (unpaired) electrons. The summed E-state index contributed by atoms with van der Waals surface area (Å²) in [7, 11) is 3.82.